The van der Waals surface area contributed by atoms with Crippen molar-refractivity contribution < 1.29 is 13.9 Å². The quantitative estimate of drug-likeness (QED) is 0.878. The normalized spacial score (nSPS) is 17.0. The van der Waals surface area contributed by atoms with Crippen LogP contribution in [0.2, 0.25) is 0 Å². The van der Waals surface area contributed by atoms with Gasteiger partial charge in [0.25, 0.3) is 0 Å². The predicted octanol–water partition coefficient (Wildman–Crippen LogP) is 3.19. The highest BCUT2D eigenvalue weighted by Gasteiger charge is 2.30. The van der Waals surface area contributed by atoms with Gasteiger partial charge in [-0.2, -0.15) is 5.26 Å². The molecular weight excluding hydrogens is 307 g/mol. The number of carbonyl (C=O) groups excluding carboxylic acids is 1. The van der Waals surface area contributed by atoms with Crippen LogP contribution in [-0.4, -0.2) is 13.1 Å². The maximum Gasteiger partial charge on any atom is 0.327 e. The monoisotopic (exact) mass is 324 g/mol. The van der Waals surface area contributed by atoms with E-state index >= 15 is 0 Å². The van der Waals surface area contributed by atoms with Gasteiger partial charge in [-0.05, 0) is 47.7 Å². The Balaban J connectivity index is 1.91. The summed E-state index contributed by atoms with van der Waals surface area (Å²) in [5.74, 6) is -0.646. The molecule has 1 N–H and O–H groups in total. The van der Waals surface area contributed by atoms with Crippen LogP contribution in [0.25, 0.3) is 0 Å². The van der Waals surface area contributed by atoms with Gasteiger partial charge < -0.3 is 4.74 Å². The van der Waals surface area contributed by atoms with E-state index in [1.165, 1.54) is 13.2 Å². The second-order valence-electron chi connectivity index (χ2n) is 5.76. The van der Waals surface area contributed by atoms with E-state index in [9.17, 15) is 9.18 Å². The molecule has 0 radical (unpaired) electrons. The molecule has 2 aromatic rings. The molecule has 3 rings (SSSR count). The molecule has 0 saturated carbocycles. The van der Waals surface area contributed by atoms with Gasteiger partial charge in [0, 0.05) is 6.04 Å². The molecule has 5 heteroatoms. The first-order chi connectivity index (χ1) is 11.6. The summed E-state index contributed by atoms with van der Waals surface area (Å²) in [6.07, 6.45) is 1.34. The molecule has 0 saturated heterocycles. The zero-order valence-electron chi connectivity index (χ0n) is 13.3. The average Bonchev–Trinajstić information content (AvgIpc) is 3.03. The minimum atomic E-state index is -0.706. The van der Waals surface area contributed by atoms with Crippen molar-refractivity contribution in [3.63, 3.8) is 0 Å². The SMILES string of the molecule is COC(=O)[C@@H](N[C@@H]1CCc2c(F)cccc21)c1cccc(C#N)c1. The Hall–Kier alpha value is -2.71. The molecule has 0 spiro atoms. The van der Waals surface area contributed by atoms with E-state index in [1.54, 1.807) is 30.3 Å². The van der Waals surface area contributed by atoms with E-state index in [0.29, 0.717) is 29.5 Å². The van der Waals surface area contributed by atoms with Crippen LogP contribution < -0.4 is 5.32 Å². The molecule has 0 heterocycles. The predicted molar refractivity (Wildman–Crippen MR) is 86.5 cm³/mol. The summed E-state index contributed by atoms with van der Waals surface area (Å²) in [4.78, 5) is 12.2. The molecule has 4 nitrogen and oxygen atoms in total. The molecular formula is C19H17FN2O2. The number of methoxy groups -OCH3 is 1. The first kappa shape index (κ1) is 16.2. The van der Waals surface area contributed by atoms with Crippen LogP contribution >= 0.6 is 0 Å². The summed E-state index contributed by atoms with van der Waals surface area (Å²) in [6, 6.07) is 13.1. The zero-order chi connectivity index (χ0) is 17.1. The van der Waals surface area contributed by atoms with Gasteiger partial charge in [0.2, 0.25) is 0 Å². The smallest absolute Gasteiger partial charge is 0.327 e. The number of halogens is 1. The molecule has 24 heavy (non-hydrogen) atoms. The van der Waals surface area contributed by atoms with Crippen LogP contribution in [0.3, 0.4) is 0 Å². The van der Waals surface area contributed by atoms with Crippen molar-refractivity contribution in [2.45, 2.75) is 24.9 Å². The molecule has 0 unspecified atom stereocenters. The van der Waals surface area contributed by atoms with Crippen molar-refractivity contribution in [2.24, 2.45) is 0 Å². The highest BCUT2D eigenvalue weighted by atomic mass is 19.1. The Kier molecular flexibility index (Phi) is 4.59. The topological polar surface area (TPSA) is 62.1 Å². The fourth-order valence-electron chi connectivity index (χ4n) is 3.19. The van der Waals surface area contributed by atoms with Crippen LogP contribution in [0.1, 0.15) is 40.8 Å². The summed E-state index contributed by atoms with van der Waals surface area (Å²) in [7, 11) is 1.33. The molecule has 122 valence electrons. The molecule has 0 fully saturated rings. The summed E-state index contributed by atoms with van der Waals surface area (Å²) in [6.45, 7) is 0. The second-order valence-corrected chi connectivity index (χ2v) is 5.76. The molecule has 0 aromatic heterocycles. The lowest BCUT2D eigenvalue weighted by Gasteiger charge is -2.22. The van der Waals surface area contributed by atoms with Crippen molar-refractivity contribution in [1.29, 1.82) is 5.26 Å². The lowest BCUT2D eigenvalue weighted by Crippen LogP contribution is -2.32. The first-order valence-electron chi connectivity index (χ1n) is 7.75. The van der Waals surface area contributed by atoms with Gasteiger partial charge in [0.15, 0.2) is 0 Å². The van der Waals surface area contributed by atoms with E-state index in [2.05, 4.69) is 11.4 Å². The summed E-state index contributed by atoms with van der Waals surface area (Å²) < 4.78 is 18.8. The number of benzene rings is 2. The highest BCUT2D eigenvalue weighted by Crippen LogP contribution is 2.34. The molecule has 1 aliphatic rings. The van der Waals surface area contributed by atoms with Crippen LogP contribution in [0.4, 0.5) is 4.39 Å². The Morgan fingerprint density at radius 3 is 2.92 bits per heavy atom. The highest BCUT2D eigenvalue weighted by molar-refractivity contribution is 5.77. The molecule has 1 aliphatic carbocycles. The van der Waals surface area contributed by atoms with Gasteiger partial charge >= 0.3 is 5.97 Å². The Labute approximate surface area is 139 Å². The number of carbonyl (C=O) groups is 1. The summed E-state index contributed by atoms with van der Waals surface area (Å²) in [5, 5.41) is 12.3. The molecule has 2 aromatic carbocycles. The zero-order valence-corrected chi connectivity index (χ0v) is 13.3. The molecule has 0 bridgehead atoms. The number of fused-ring (bicyclic) bond motifs is 1. The number of rotatable bonds is 4. The number of nitriles is 1. The van der Waals surface area contributed by atoms with Gasteiger partial charge in [-0.3, -0.25) is 5.32 Å². The number of hydrogen-bond acceptors (Lipinski definition) is 4. The minimum Gasteiger partial charge on any atom is -0.468 e. The summed E-state index contributed by atoms with van der Waals surface area (Å²) >= 11 is 0. The van der Waals surface area contributed by atoms with Gasteiger partial charge in [-0.25, -0.2) is 9.18 Å². The lowest BCUT2D eigenvalue weighted by molar-refractivity contribution is -0.143. The van der Waals surface area contributed by atoms with Crippen molar-refractivity contribution >= 4 is 5.97 Å². The fourth-order valence-corrected chi connectivity index (χ4v) is 3.19. The Morgan fingerprint density at radius 2 is 2.17 bits per heavy atom. The number of esters is 1. The second kappa shape index (κ2) is 6.81. The van der Waals surface area contributed by atoms with Crippen molar-refractivity contribution in [3.05, 3.63) is 70.5 Å². The van der Waals surface area contributed by atoms with E-state index < -0.39 is 12.0 Å². The molecule has 0 amide bonds. The van der Waals surface area contributed by atoms with Gasteiger partial charge in [0.1, 0.15) is 11.9 Å². The van der Waals surface area contributed by atoms with Crippen LogP contribution in [0, 0.1) is 17.1 Å². The third-order valence-electron chi connectivity index (χ3n) is 4.37. The summed E-state index contributed by atoms with van der Waals surface area (Å²) in [5.41, 5.74) is 2.71. The van der Waals surface area contributed by atoms with Crippen LogP contribution in [-0.2, 0) is 16.0 Å². The van der Waals surface area contributed by atoms with Crippen LogP contribution in [0.5, 0.6) is 0 Å². The van der Waals surface area contributed by atoms with Crippen molar-refractivity contribution in [2.75, 3.05) is 7.11 Å². The minimum absolute atomic E-state index is 0.134. The average molecular weight is 324 g/mol. The third kappa shape index (κ3) is 3.01. The van der Waals surface area contributed by atoms with E-state index in [0.717, 1.165) is 5.56 Å². The molecule has 2 atom stereocenters. The number of nitrogens with one attached hydrogen (secondary N) is 1. The maximum absolute atomic E-state index is 13.9. The van der Waals surface area contributed by atoms with Crippen LogP contribution in [0.15, 0.2) is 42.5 Å². The number of nitrogens with zero attached hydrogens (tertiary/aromatic N) is 1. The van der Waals surface area contributed by atoms with E-state index in [-0.39, 0.29) is 11.9 Å². The van der Waals surface area contributed by atoms with Gasteiger partial charge in [-0.15, -0.1) is 0 Å². The Bertz CT molecular complexity index is 813. The number of hydrogen-bond donors (Lipinski definition) is 1. The third-order valence-corrected chi connectivity index (χ3v) is 4.37. The van der Waals surface area contributed by atoms with E-state index in [1.807, 2.05) is 6.07 Å². The maximum atomic E-state index is 13.9. The number of ether oxygens (including phenoxy) is 1. The van der Waals surface area contributed by atoms with Crippen molar-refractivity contribution in [3.8, 4) is 6.07 Å². The van der Waals surface area contributed by atoms with E-state index in [4.69, 9.17) is 10.00 Å². The Morgan fingerprint density at radius 1 is 1.38 bits per heavy atom. The van der Waals surface area contributed by atoms with Gasteiger partial charge in [-0.1, -0.05) is 24.3 Å². The fraction of sp³-hybridized carbons (Fsp3) is 0.263. The molecule has 0 aliphatic heterocycles. The standard InChI is InChI=1S/C19H17FN2O2/c1-24-19(23)18(13-5-2-4-12(10-13)11-21)22-17-9-8-14-15(17)6-3-7-16(14)20/h2-7,10,17-18,22H,8-9H2,1H3/t17-,18+/m1/s1. The lowest BCUT2D eigenvalue weighted by atomic mass is 10.0. The largest absolute Gasteiger partial charge is 0.468 e. The van der Waals surface area contributed by atoms with Gasteiger partial charge in [0.05, 0.1) is 18.7 Å². The van der Waals surface area contributed by atoms with Crippen molar-refractivity contribution in [1.82, 2.24) is 5.32 Å². The first-order valence-corrected chi connectivity index (χ1v) is 7.75.